The van der Waals surface area contributed by atoms with Crippen molar-refractivity contribution in [1.29, 1.82) is 0 Å². The zero-order valence-corrected chi connectivity index (χ0v) is 14.4. The Hall–Kier alpha value is -1.08. The molecule has 0 spiro atoms. The molecule has 0 radical (unpaired) electrons. The molecule has 20 heavy (non-hydrogen) atoms. The number of thiophene rings is 1. The highest BCUT2D eigenvalue weighted by Crippen LogP contribution is 2.22. The van der Waals surface area contributed by atoms with Crippen LogP contribution >= 0.6 is 27.3 Å². The van der Waals surface area contributed by atoms with Crippen LogP contribution in [-0.4, -0.2) is 46.0 Å². The smallest absolute Gasteiger partial charge is 0.323 e. The Kier molecular flexibility index (Phi) is 5.59. The number of nitrogens with zero attached hydrogens (tertiary/aromatic N) is 2. The molecule has 0 atom stereocenters. The molecule has 1 rings (SSSR count). The minimum atomic E-state index is -1.01. The summed E-state index contributed by atoms with van der Waals surface area (Å²) in [6, 6.07) is 1.66. The zero-order chi connectivity index (χ0) is 15.5. The van der Waals surface area contributed by atoms with Crippen LogP contribution in [0.4, 0.5) is 4.79 Å². The summed E-state index contributed by atoms with van der Waals surface area (Å²) in [5.74, 6) is -1.01. The van der Waals surface area contributed by atoms with Gasteiger partial charge in [-0.2, -0.15) is 0 Å². The van der Waals surface area contributed by atoms with Crippen molar-refractivity contribution in [1.82, 2.24) is 9.80 Å². The standard InChI is InChI=1S/C13H19BrN2O3S/c1-13(2,3)16(7-11(17)18)12(19)15(4)6-9-5-10(14)20-8-9/h5,8H,6-7H2,1-4H3,(H,17,18). The number of carbonyl (C=O) groups excluding carboxylic acids is 1. The average Bonchev–Trinajstić information content (AvgIpc) is 2.69. The van der Waals surface area contributed by atoms with Crippen LogP contribution in [0, 0.1) is 0 Å². The van der Waals surface area contributed by atoms with E-state index in [2.05, 4.69) is 15.9 Å². The third-order valence-electron chi connectivity index (χ3n) is 2.70. The third-order valence-corrected chi connectivity index (χ3v) is 4.26. The fourth-order valence-electron chi connectivity index (χ4n) is 1.70. The van der Waals surface area contributed by atoms with Crippen molar-refractivity contribution in [2.24, 2.45) is 0 Å². The van der Waals surface area contributed by atoms with Gasteiger partial charge in [0.15, 0.2) is 0 Å². The van der Waals surface area contributed by atoms with E-state index in [-0.39, 0.29) is 12.6 Å². The second-order valence-corrected chi connectivity index (χ2v) is 7.84. The van der Waals surface area contributed by atoms with Crippen molar-refractivity contribution < 1.29 is 14.7 Å². The van der Waals surface area contributed by atoms with E-state index in [1.54, 1.807) is 18.4 Å². The first-order chi connectivity index (χ1) is 9.11. The molecule has 2 amide bonds. The maximum atomic E-state index is 12.4. The van der Waals surface area contributed by atoms with Crippen molar-refractivity contribution >= 4 is 39.3 Å². The van der Waals surface area contributed by atoms with Crippen molar-refractivity contribution in [3.05, 3.63) is 20.8 Å². The summed E-state index contributed by atoms with van der Waals surface area (Å²) in [5, 5.41) is 10.9. The van der Waals surface area contributed by atoms with Crippen molar-refractivity contribution in [3.63, 3.8) is 0 Å². The molecule has 0 saturated carbocycles. The van der Waals surface area contributed by atoms with Crippen LogP contribution in [0.15, 0.2) is 15.2 Å². The first-order valence-electron chi connectivity index (χ1n) is 6.08. The predicted molar refractivity (Wildman–Crippen MR) is 83.0 cm³/mol. The molecular formula is C13H19BrN2O3S. The van der Waals surface area contributed by atoms with E-state index < -0.39 is 11.5 Å². The highest BCUT2D eigenvalue weighted by Gasteiger charge is 2.30. The van der Waals surface area contributed by atoms with Gasteiger partial charge in [0.25, 0.3) is 0 Å². The number of aliphatic carboxylic acids is 1. The Balaban J connectivity index is 2.80. The van der Waals surface area contributed by atoms with Crippen molar-refractivity contribution in [2.45, 2.75) is 32.9 Å². The Labute approximate surface area is 131 Å². The maximum Gasteiger partial charge on any atom is 0.323 e. The highest BCUT2D eigenvalue weighted by molar-refractivity contribution is 9.11. The first kappa shape index (κ1) is 17.0. The maximum absolute atomic E-state index is 12.4. The lowest BCUT2D eigenvalue weighted by Crippen LogP contribution is -2.52. The highest BCUT2D eigenvalue weighted by atomic mass is 79.9. The van der Waals surface area contributed by atoms with Gasteiger partial charge >= 0.3 is 12.0 Å². The van der Waals surface area contributed by atoms with E-state index in [1.165, 1.54) is 9.80 Å². The molecule has 0 aromatic carbocycles. The number of carbonyl (C=O) groups is 2. The van der Waals surface area contributed by atoms with Gasteiger partial charge < -0.3 is 14.9 Å². The van der Waals surface area contributed by atoms with Crippen LogP contribution in [0.2, 0.25) is 0 Å². The van der Waals surface area contributed by atoms with Gasteiger partial charge in [0.1, 0.15) is 6.54 Å². The van der Waals surface area contributed by atoms with E-state index in [4.69, 9.17) is 5.11 Å². The summed E-state index contributed by atoms with van der Waals surface area (Å²) in [5.41, 5.74) is 0.473. The molecule has 1 aromatic heterocycles. The van der Waals surface area contributed by atoms with Crippen LogP contribution in [0.1, 0.15) is 26.3 Å². The molecule has 0 aliphatic carbocycles. The molecule has 1 heterocycles. The number of urea groups is 1. The van der Waals surface area contributed by atoms with E-state index in [1.807, 2.05) is 32.2 Å². The number of amides is 2. The minimum Gasteiger partial charge on any atom is -0.480 e. The van der Waals surface area contributed by atoms with E-state index in [9.17, 15) is 9.59 Å². The van der Waals surface area contributed by atoms with E-state index >= 15 is 0 Å². The monoisotopic (exact) mass is 362 g/mol. The van der Waals surface area contributed by atoms with Crippen LogP contribution in [0.25, 0.3) is 0 Å². The normalized spacial score (nSPS) is 11.2. The lowest BCUT2D eigenvalue weighted by molar-refractivity contribution is -0.138. The number of halogens is 1. The molecule has 0 saturated heterocycles. The Morgan fingerprint density at radius 2 is 2.00 bits per heavy atom. The molecule has 1 aromatic rings. The van der Waals surface area contributed by atoms with Crippen molar-refractivity contribution in [3.8, 4) is 0 Å². The lowest BCUT2D eigenvalue weighted by Gasteiger charge is -2.37. The van der Waals surface area contributed by atoms with E-state index in [0.29, 0.717) is 6.54 Å². The predicted octanol–water partition coefficient (Wildman–Crippen LogP) is 3.25. The van der Waals surface area contributed by atoms with E-state index in [0.717, 1.165) is 9.35 Å². The summed E-state index contributed by atoms with van der Waals surface area (Å²) in [6.45, 7) is 5.61. The van der Waals surface area contributed by atoms with Crippen molar-refractivity contribution in [2.75, 3.05) is 13.6 Å². The number of rotatable bonds is 4. The molecule has 0 fully saturated rings. The fourth-order valence-corrected chi connectivity index (χ4v) is 2.90. The Morgan fingerprint density at radius 1 is 1.40 bits per heavy atom. The fraction of sp³-hybridized carbons (Fsp3) is 0.538. The van der Waals surface area contributed by atoms with Crippen LogP contribution in [0.3, 0.4) is 0 Å². The SMILES string of the molecule is CN(Cc1csc(Br)c1)C(=O)N(CC(=O)O)C(C)(C)C. The molecule has 112 valence electrons. The number of hydrogen-bond donors (Lipinski definition) is 1. The molecule has 0 aliphatic rings. The van der Waals surface area contributed by atoms with Gasteiger partial charge in [-0.25, -0.2) is 4.79 Å². The molecule has 1 N–H and O–H groups in total. The summed E-state index contributed by atoms with van der Waals surface area (Å²) in [7, 11) is 1.68. The van der Waals surface area contributed by atoms with Gasteiger partial charge in [-0.15, -0.1) is 11.3 Å². The first-order valence-corrected chi connectivity index (χ1v) is 7.76. The van der Waals surface area contributed by atoms with Crippen LogP contribution in [0.5, 0.6) is 0 Å². The molecule has 0 aliphatic heterocycles. The topological polar surface area (TPSA) is 60.9 Å². The summed E-state index contributed by atoms with van der Waals surface area (Å²) < 4.78 is 1.01. The van der Waals surface area contributed by atoms with Gasteiger partial charge in [-0.1, -0.05) is 0 Å². The lowest BCUT2D eigenvalue weighted by atomic mass is 10.1. The second-order valence-electron chi connectivity index (χ2n) is 5.55. The molecule has 0 unspecified atom stereocenters. The second kappa shape index (κ2) is 6.58. The molecule has 7 heteroatoms. The van der Waals surface area contributed by atoms with Gasteiger partial charge in [0, 0.05) is 19.1 Å². The quantitative estimate of drug-likeness (QED) is 0.893. The van der Waals surface area contributed by atoms with Crippen LogP contribution < -0.4 is 0 Å². The summed E-state index contributed by atoms with van der Waals surface area (Å²) >= 11 is 4.93. The number of hydrogen-bond acceptors (Lipinski definition) is 3. The Bertz CT molecular complexity index is 496. The molecule has 0 bridgehead atoms. The van der Waals surface area contributed by atoms with Gasteiger partial charge in [0.05, 0.1) is 3.79 Å². The summed E-state index contributed by atoms with van der Waals surface area (Å²) in [6.07, 6.45) is 0. The molecular weight excluding hydrogens is 344 g/mol. The average molecular weight is 363 g/mol. The van der Waals surface area contributed by atoms with Crippen LogP contribution in [-0.2, 0) is 11.3 Å². The largest absolute Gasteiger partial charge is 0.480 e. The minimum absolute atomic E-state index is 0.290. The Morgan fingerprint density at radius 3 is 2.40 bits per heavy atom. The molecule has 5 nitrogen and oxygen atoms in total. The van der Waals surface area contributed by atoms with Gasteiger partial charge in [0.2, 0.25) is 0 Å². The summed E-state index contributed by atoms with van der Waals surface area (Å²) in [4.78, 5) is 26.2. The number of carboxylic acid groups (broad SMARTS) is 1. The van der Waals surface area contributed by atoms with Gasteiger partial charge in [-0.05, 0) is 53.7 Å². The zero-order valence-electron chi connectivity index (χ0n) is 12.0. The van der Waals surface area contributed by atoms with Gasteiger partial charge in [-0.3, -0.25) is 4.79 Å². The third kappa shape index (κ3) is 4.79. The number of carboxylic acids is 1.